The second-order valence-corrected chi connectivity index (χ2v) is 6.16. The van der Waals surface area contributed by atoms with E-state index < -0.39 is 38.7 Å². The number of esters is 1. The maximum absolute atomic E-state index is 12.2. The van der Waals surface area contributed by atoms with E-state index in [1.165, 1.54) is 7.11 Å². The second-order valence-electron chi connectivity index (χ2n) is 4.30. The van der Waals surface area contributed by atoms with Crippen LogP contribution < -0.4 is 0 Å². The van der Waals surface area contributed by atoms with Crippen molar-refractivity contribution in [1.29, 1.82) is 0 Å². The van der Waals surface area contributed by atoms with Gasteiger partial charge in [0.1, 0.15) is 0 Å². The summed E-state index contributed by atoms with van der Waals surface area (Å²) < 4.78 is 34.9. The number of methoxy groups -OCH3 is 1. The molecule has 1 fully saturated rings. The van der Waals surface area contributed by atoms with Crippen molar-refractivity contribution in [3.8, 4) is 0 Å². The largest absolute Gasteiger partial charge is 0.475 e. The fourth-order valence-electron chi connectivity index (χ4n) is 2.01. The third-order valence-corrected chi connectivity index (χ3v) is 4.81. The van der Waals surface area contributed by atoms with E-state index in [0.717, 1.165) is 16.4 Å². The Balaban J connectivity index is 2.19. The number of ether oxygens (including phenoxy) is 1. The van der Waals surface area contributed by atoms with Gasteiger partial charge in [-0.3, -0.25) is 4.79 Å². The van der Waals surface area contributed by atoms with Crippen LogP contribution in [0.25, 0.3) is 0 Å². The molecule has 1 aliphatic heterocycles. The molecule has 1 unspecified atom stereocenters. The van der Waals surface area contributed by atoms with Gasteiger partial charge >= 0.3 is 11.9 Å². The zero-order valence-corrected chi connectivity index (χ0v) is 11.4. The molecule has 0 saturated carbocycles. The third kappa shape index (κ3) is 2.54. The number of rotatable bonds is 4. The highest BCUT2D eigenvalue weighted by atomic mass is 32.2. The minimum absolute atomic E-state index is 0.00187. The number of carboxylic acids is 1. The summed E-state index contributed by atoms with van der Waals surface area (Å²) in [5.74, 6) is -2.77. The predicted molar refractivity (Wildman–Crippen MR) is 64.5 cm³/mol. The molecule has 0 amide bonds. The molecular weight excluding hydrogens is 290 g/mol. The summed E-state index contributed by atoms with van der Waals surface area (Å²) in [4.78, 5) is 22.1. The highest BCUT2D eigenvalue weighted by Gasteiger charge is 2.38. The minimum Gasteiger partial charge on any atom is -0.475 e. The first-order chi connectivity index (χ1) is 9.36. The Morgan fingerprint density at radius 2 is 2.15 bits per heavy atom. The Kier molecular flexibility index (Phi) is 3.82. The molecule has 1 N–H and O–H groups in total. The van der Waals surface area contributed by atoms with E-state index in [1.807, 2.05) is 0 Å². The fourth-order valence-corrected chi connectivity index (χ4v) is 3.42. The van der Waals surface area contributed by atoms with Gasteiger partial charge in [-0.2, -0.15) is 4.31 Å². The van der Waals surface area contributed by atoms with Gasteiger partial charge in [0, 0.05) is 13.1 Å². The van der Waals surface area contributed by atoms with Crippen molar-refractivity contribution < 1.29 is 32.3 Å². The fraction of sp³-hybridized carbons (Fsp3) is 0.455. The summed E-state index contributed by atoms with van der Waals surface area (Å²) in [7, 11) is -2.69. The number of hydrogen-bond donors (Lipinski definition) is 1. The monoisotopic (exact) mass is 303 g/mol. The van der Waals surface area contributed by atoms with Crippen molar-refractivity contribution in [3.63, 3.8) is 0 Å². The lowest BCUT2D eigenvalue weighted by molar-refractivity contribution is -0.144. The molecule has 1 atom stereocenters. The van der Waals surface area contributed by atoms with Gasteiger partial charge in [-0.25, -0.2) is 13.2 Å². The van der Waals surface area contributed by atoms with Crippen LogP contribution in [0.3, 0.4) is 0 Å². The molecule has 0 radical (unpaired) electrons. The maximum Gasteiger partial charge on any atom is 0.371 e. The average molecular weight is 303 g/mol. The first-order valence-electron chi connectivity index (χ1n) is 5.77. The zero-order chi connectivity index (χ0) is 14.9. The van der Waals surface area contributed by atoms with E-state index in [2.05, 4.69) is 4.74 Å². The van der Waals surface area contributed by atoms with Crippen LogP contribution in [0, 0.1) is 5.92 Å². The Bertz CT molecular complexity index is 633. The highest BCUT2D eigenvalue weighted by molar-refractivity contribution is 7.89. The van der Waals surface area contributed by atoms with Gasteiger partial charge in [0.25, 0.3) is 10.0 Å². The van der Waals surface area contributed by atoms with Gasteiger partial charge in [0.05, 0.1) is 13.0 Å². The number of carboxylic acid groups (broad SMARTS) is 1. The first-order valence-corrected chi connectivity index (χ1v) is 7.21. The van der Waals surface area contributed by atoms with Crippen LogP contribution in [-0.2, 0) is 19.6 Å². The molecule has 0 aliphatic carbocycles. The number of furan rings is 1. The van der Waals surface area contributed by atoms with Crippen LogP contribution in [0.5, 0.6) is 0 Å². The zero-order valence-electron chi connectivity index (χ0n) is 10.6. The summed E-state index contributed by atoms with van der Waals surface area (Å²) in [5, 5.41) is 8.27. The summed E-state index contributed by atoms with van der Waals surface area (Å²) in [6.45, 7) is 0.156. The standard InChI is InChI=1S/C11H13NO7S/c1-18-11(15)7-4-5-12(6-7)20(16,17)9-3-2-8(19-9)10(13)14/h2-3,7H,4-6H2,1H3,(H,13,14). The van der Waals surface area contributed by atoms with Crippen LogP contribution in [0.1, 0.15) is 17.0 Å². The van der Waals surface area contributed by atoms with E-state index in [0.29, 0.717) is 6.42 Å². The molecule has 110 valence electrons. The number of hydrogen-bond acceptors (Lipinski definition) is 6. The normalized spacial score (nSPS) is 19.9. The summed E-state index contributed by atoms with van der Waals surface area (Å²) >= 11 is 0. The predicted octanol–water partition coefficient (Wildman–Crippen LogP) is 0.161. The van der Waals surface area contributed by atoms with Gasteiger partial charge in [0.15, 0.2) is 0 Å². The van der Waals surface area contributed by atoms with Crippen LogP contribution in [0.4, 0.5) is 0 Å². The smallest absolute Gasteiger partial charge is 0.371 e. The average Bonchev–Trinajstić information content (AvgIpc) is 3.06. The molecule has 0 bridgehead atoms. The lowest BCUT2D eigenvalue weighted by Gasteiger charge is -2.13. The number of carbonyl (C=O) groups excluding carboxylic acids is 1. The summed E-state index contributed by atoms with van der Waals surface area (Å²) in [6, 6.07) is 2.16. The van der Waals surface area contributed by atoms with E-state index in [9.17, 15) is 18.0 Å². The van der Waals surface area contributed by atoms with Gasteiger partial charge < -0.3 is 14.3 Å². The number of aromatic carboxylic acids is 1. The molecule has 2 heterocycles. The van der Waals surface area contributed by atoms with Crippen molar-refractivity contribution in [3.05, 3.63) is 17.9 Å². The molecular formula is C11H13NO7S. The summed E-state index contributed by atoms with van der Waals surface area (Å²) in [5.41, 5.74) is 0. The van der Waals surface area contributed by atoms with E-state index >= 15 is 0 Å². The second kappa shape index (κ2) is 5.25. The molecule has 8 nitrogen and oxygen atoms in total. The molecule has 1 aromatic rings. The maximum atomic E-state index is 12.2. The highest BCUT2D eigenvalue weighted by Crippen LogP contribution is 2.26. The Hall–Kier alpha value is -1.87. The van der Waals surface area contributed by atoms with Gasteiger partial charge in [-0.05, 0) is 18.6 Å². The molecule has 0 aromatic carbocycles. The van der Waals surface area contributed by atoms with Gasteiger partial charge in [-0.1, -0.05) is 0 Å². The number of carbonyl (C=O) groups is 2. The lowest BCUT2D eigenvalue weighted by Crippen LogP contribution is -2.30. The van der Waals surface area contributed by atoms with Crippen molar-refractivity contribution in [2.45, 2.75) is 11.5 Å². The minimum atomic E-state index is -3.93. The quantitative estimate of drug-likeness (QED) is 0.788. The van der Waals surface area contributed by atoms with Crippen LogP contribution in [0.2, 0.25) is 0 Å². The molecule has 20 heavy (non-hydrogen) atoms. The van der Waals surface area contributed by atoms with Crippen LogP contribution in [-0.4, -0.2) is 50.0 Å². The Morgan fingerprint density at radius 1 is 1.45 bits per heavy atom. The topological polar surface area (TPSA) is 114 Å². The molecule has 2 rings (SSSR count). The first kappa shape index (κ1) is 14.5. The summed E-state index contributed by atoms with van der Waals surface area (Å²) in [6.07, 6.45) is 0.360. The Morgan fingerprint density at radius 3 is 2.70 bits per heavy atom. The van der Waals surface area contributed by atoms with E-state index in [1.54, 1.807) is 0 Å². The molecule has 0 spiro atoms. The number of nitrogens with zero attached hydrogens (tertiary/aromatic N) is 1. The van der Waals surface area contributed by atoms with Crippen molar-refractivity contribution in [1.82, 2.24) is 4.31 Å². The third-order valence-electron chi connectivity index (χ3n) is 3.07. The Labute approximate surface area is 115 Å². The molecule has 9 heteroatoms. The van der Waals surface area contributed by atoms with Crippen molar-refractivity contribution in [2.75, 3.05) is 20.2 Å². The SMILES string of the molecule is COC(=O)C1CCN(S(=O)(=O)c2ccc(C(=O)O)o2)C1. The van der Waals surface area contributed by atoms with Crippen LogP contribution >= 0.6 is 0 Å². The number of sulfonamides is 1. The molecule has 1 aromatic heterocycles. The molecule has 1 saturated heterocycles. The van der Waals surface area contributed by atoms with Gasteiger partial charge in [0.2, 0.25) is 10.9 Å². The van der Waals surface area contributed by atoms with Crippen molar-refractivity contribution in [2.24, 2.45) is 5.92 Å². The van der Waals surface area contributed by atoms with Crippen molar-refractivity contribution >= 4 is 22.0 Å². The van der Waals surface area contributed by atoms with E-state index in [4.69, 9.17) is 9.52 Å². The van der Waals surface area contributed by atoms with Gasteiger partial charge in [-0.15, -0.1) is 0 Å². The molecule has 1 aliphatic rings. The lowest BCUT2D eigenvalue weighted by atomic mass is 10.1. The van der Waals surface area contributed by atoms with E-state index in [-0.39, 0.29) is 13.1 Å². The van der Waals surface area contributed by atoms with Crippen LogP contribution in [0.15, 0.2) is 21.6 Å².